The Bertz CT molecular complexity index is 1160. The van der Waals surface area contributed by atoms with Crippen LogP contribution in [0.4, 0.5) is 0 Å². The molecule has 4 heterocycles. The summed E-state index contributed by atoms with van der Waals surface area (Å²) in [5.74, 6) is 1.57. The van der Waals surface area contributed by atoms with Gasteiger partial charge in [-0.3, -0.25) is 9.97 Å². The van der Waals surface area contributed by atoms with Crippen molar-refractivity contribution in [3.8, 4) is 33.9 Å². The first-order valence-electron chi connectivity index (χ1n) is 10.2. The summed E-state index contributed by atoms with van der Waals surface area (Å²) in [6, 6.07) is 14.4. The number of hydrogen-bond acceptors (Lipinski definition) is 5. The molecule has 0 spiro atoms. The molecule has 1 atom stereocenters. The Morgan fingerprint density at radius 3 is 2.97 bits per heavy atom. The Hall–Kier alpha value is -3.38. The van der Waals surface area contributed by atoms with Crippen molar-refractivity contribution in [3.63, 3.8) is 0 Å². The van der Waals surface area contributed by atoms with E-state index in [2.05, 4.69) is 26.3 Å². The molecule has 1 unspecified atom stereocenters. The van der Waals surface area contributed by atoms with Crippen LogP contribution in [-0.2, 0) is 0 Å². The van der Waals surface area contributed by atoms with Crippen LogP contribution in [0.5, 0.6) is 11.5 Å². The molecule has 1 aliphatic rings. The van der Waals surface area contributed by atoms with Crippen LogP contribution in [0.1, 0.15) is 12.8 Å². The molecule has 0 saturated carbocycles. The van der Waals surface area contributed by atoms with Crippen molar-refractivity contribution in [1.29, 1.82) is 0 Å². The molecule has 6 heteroatoms. The predicted octanol–water partition coefficient (Wildman–Crippen LogP) is 4.43. The van der Waals surface area contributed by atoms with Gasteiger partial charge in [0.1, 0.15) is 18.1 Å². The lowest BCUT2D eigenvalue weighted by molar-refractivity contribution is 0.277. The van der Waals surface area contributed by atoms with Gasteiger partial charge >= 0.3 is 0 Å². The summed E-state index contributed by atoms with van der Waals surface area (Å²) in [4.78, 5) is 12.5. The largest absolute Gasteiger partial charge is 0.497 e. The number of nitrogens with zero attached hydrogens (tertiary/aromatic N) is 2. The Kier molecular flexibility index (Phi) is 5.07. The van der Waals surface area contributed by atoms with Gasteiger partial charge < -0.3 is 19.8 Å². The van der Waals surface area contributed by atoms with Crippen molar-refractivity contribution >= 4 is 11.0 Å². The van der Waals surface area contributed by atoms with Gasteiger partial charge in [-0.15, -0.1) is 0 Å². The maximum absolute atomic E-state index is 6.22. The van der Waals surface area contributed by atoms with Crippen LogP contribution in [0, 0.1) is 0 Å². The van der Waals surface area contributed by atoms with Crippen LogP contribution in [0.2, 0.25) is 0 Å². The number of fused-ring (bicyclic) bond motifs is 1. The van der Waals surface area contributed by atoms with Crippen LogP contribution in [0.15, 0.2) is 61.1 Å². The summed E-state index contributed by atoms with van der Waals surface area (Å²) in [6.07, 6.45) is 7.74. The van der Waals surface area contributed by atoms with Gasteiger partial charge in [-0.25, -0.2) is 0 Å². The summed E-state index contributed by atoms with van der Waals surface area (Å²) in [5.41, 5.74) is 5.90. The second kappa shape index (κ2) is 8.16. The average Bonchev–Trinajstić information content (AvgIpc) is 3.45. The van der Waals surface area contributed by atoms with E-state index in [1.165, 1.54) is 6.42 Å². The second-order valence-electron chi connectivity index (χ2n) is 7.48. The molecule has 0 bridgehead atoms. The van der Waals surface area contributed by atoms with E-state index in [4.69, 9.17) is 9.47 Å². The molecule has 30 heavy (non-hydrogen) atoms. The third-order valence-corrected chi connectivity index (χ3v) is 5.57. The Morgan fingerprint density at radius 2 is 2.10 bits per heavy atom. The molecule has 0 radical (unpaired) electrons. The van der Waals surface area contributed by atoms with Crippen molar-refractivity contribution in [3.05, 3.63) is 61.1 Å². The molecular formula is C24H24N4O2. The monoisotopic (exact) mass is 400 g/mol. The number of pyridine rings is 2. The molecule has 6 nitrogen and oxygen atoms in total. The zero-order valence-electron chi connectivity index (χ0n) is 16.9. The first-order valence-corrected chi connectivity index (χ1v) is 10.2. The SMILES string of the molecule is COc1cccc(-c2c(-c3ccncc3OCC3CCCN3)[nH]c3cccnc23)c1. The third kappa shape index (κ3) is 3.50. The standard InChI is InChI=1S/C24H24N4O2/c1-29-18-7-2-5-16(13-18)22-23(28-20-8-4-11-27-24(20)22)19-9-12-25-14-21(19)30-15-17-6-3-10-26-17/h2,4-5,7-9,11-14,17,26,28H,3,6,10,15H2,1H3. The fourth-order valence-corrected chi connectivity index (χ4v) is 4.07. The van der Waals surface area contributed by atoms with E-state index in [-0.39, 0.29) is 0 Å². The van der Waals surface area contributed by atoms with Crippen molar-refractivity contribution in [2.24, 2.45) is 0 Å². The molecule has 152 valence electrons. The number of methoxy groups -OCH3 is 1. The number of aromatic nitrogens is 3. The molecule has 4 aromatic rings. The Morgan fingerprint density at radius 1 is 1.13 bits per heavy atom. The smallest absolute Gasteiger partial charge is 0.146 e. The van der Waals surface area contributed by atoms with E-state index in [1.54, 1.807) is 19.5 Å². The van der Waals surface area contributed by atoms with Crippen LogP contribution < -0.4 is 14.8 Å². The maximum atomic E-state index is 6.22. The van der Waals surface area contributed by atoms with Gasteiger partial charge in [0.25, 0.3) is 0 Å². The highest BCUT2D eigenvalue weighted by molar-refractivity contribution is 6.02. The van der Waals surface area contributed by atoms with Crippen molar-refractivity contribution in [1.82, 2.24) is 20.3 Å². The number of ether oxygens (including phenoxy) is 2. The van der Waals surface area contributed by atoms with E-state index in [9.17, 15) is 0 Å². The molecule has 5 rings (SSSR count). The topological polar surface area (TPSA) is 72.1 Å². The highest BCUT2D eigenvalue weighted by atomic mass is 16.5. The van der Waals surface area contributed by atoms with Crippen molar-refractivity contribution < 1.29 is 9.47 Å². The minimum Gasteiger partial charge on any atom is -0.497 e. The Balaban J connectivity index is 1.63. The minimum absolute atomic E-state index is 0.389. The number of rotatable bonds is 6. The minimum atomic E-state index is 0.389. The van der Waals surface area contributed by atoms with Gasteiger partial charge in [0.15, 0.2) is 0 Å². The molecule has 1 fully saturated rings. The van der Waals surface area contributed by atoms with E-state index >= 15 is 0 Å². The van der Waals surface area contributed by atoms with Gasteiger partial charge in [-0.05, 0) is 55.3 Å². The van der Waals surface area contributed by atoms with Crippen LogP contribution >= 0.6 is 0 Å². The maximum Gasteiger partial charge on any atom is 0.146 e. The van der Waals surface area contributed by atoms with E-state index < -0.39 is 0 Å². The lowest BCUT2D eigenvalue weighted by Crippen LogP contribution is -2.28. The fourth-order valence-electron chi connectivity index (χ4n) is 4.07. The first kappa shape index (κ1) is 18.6. The van der Waals surface area contributed by atoms with Crippen molar-refractivity contribution in [2.45, 2.75) is 18.9 Å². The molecule has 1 aliphatic heterocycles. The van der Waals surface area contributed by atoms with Gasteiger partial charge in [-0.2, -0.15) is 0 Å². The van der Waals surface area contributed by atoms with Crippen molar-refractivity contribution in [2.75, 3.05) is 20.3 Å². The molecule has 1 saturated heterocycles. The first-order chi connectivity index (χ1) is 14.8. The number of benzene rings is 1. The average molecular weight is 400 g/mol. The zero-order valence-corrected chi connectivity index (χ0v) is 16.9. The highest BCUT2D eigenvalue weighted by Crippen LogP contribution is 2.41. The number of hydrogen-bond donors (Lipinski definition) is 2. The van der Waals surface area contributed by atoms with Crippen LogP contribution in [-0.4, -0.2) is 41.3 Å². The normalized spacial score (nSPS) is 16.1. The lowest BCUT2D eigenvalue weighted by atomic mass is 10.0. The molecule has 3 aromatic heterocycles. The fraction of sp³-hybridized carbons (Fsp3) is 0.250. The van der Waals surface area contributed by atoms with E-state index in [0.29, 0.717) is 12.6 Å². The molecule has 0 amide bonds. The summed E-state index contributed by atoms with van der Waals surface area (Å²) < 4.78 is 11.7. The number of aromatic amines is 1. The molecule has 1 aromatic carbocycles. The van der Waals surface area contributed by atoms with Crippen LogP contribution in [0.3, 0.4) is 0 Å². The lowest BCUT2D eigenvalue weighted by Gasteiger charge is -2.15. The Labute approximate surface area is 175 Å². The molecule has 2 N–H and O–H groups in total. The van der Waals surface area contributed by atoms with Gasteiger partial charge in [0.2, 0.25) is 0 Å². The highest BCUT2D eigenvalue weighted by Gasteiger charge is 2.21. The zero-order chi connectivity index (χ0) is 20.3. The molecular weight excluding hydrogens is 376 g/mol. The van der Waals surface area contributed by atoms with E-state index in [1.807, 2.05) is 42.6 Å². The molecule has 0 aliphatic carbocycles. The summed E-state index contributed by atoms with van der Waals surface area (Å²) >= 11 is 0. The number of H-pyrrole nitrogens is 1. The van der Waals surface area contributed by atoms with Gasteiger partial charge in [-0.1, -0.05) is 12.1 Å². The van der Waals surface area contributed by atoms with E-state index in [0.717, 1.165) is 57.9 Å². The summed E-state index contributed by atoms with van der Waals surface area (Å²) in [5, 5.41) is 3.48. The third-order valence-electron chi connectivity index (χ3n) is 5.57. The quantitative estimate of drug-likeness (QED) is 0.501. The summed E-state index contributed by atoms with van der Waals surface area (Å²) in [6.45, 7) is 1.69. The summed E-state index contributed by atoms with van der Waals surface area (Å²) in [7, 11) is 1.68. The van der Waals surface area contributed by atoms with Gasteiger partial charge in [0.05, 0.1) is 30.0 Å². The van der Waals surface area contributed by atoms with Gasteiger partial charge in [0, 0.05) is 29.6 Å². The second-order valence-corrected chi connectivity index (χ2v) is 7.48. The van der Waals surface area contributed by atoms with Crippen LogP contribution in [0.25, 0.3) is 33.4 Å². The number of nitrogens with one attached hydrogen (secondary N) is 2. The predicted molar refractivity (Wildman–Crippen MR) is 118 cm³/mol.